The highest BCUT2D eigenvalue weighted by Crippen LogP contribution is 2.36. The van der Waals surface area contributed by atoms with Crippen molar-refractivity contribution in [3.05, 3.63) is 41.3 Å². The van der Waals surface area contributed by atoms with Crippen LogP contribution in [0.5, 0.6) is 5.75 Å². The Bertz CT molecular complexity index is 680. The van der Waals surface area contributed by atoms with Crippen molar-refractivity contribution in [2.45, 2.75) is 0 Å². The molecular formula is C15H14N2O2S2. The van der Waals surface area contributed by atoms with Crippen molar-refractivity contribution < 1.29 is 9.53 Å². The first-order valence-corrected chi connectivity index (χ1v) is 8.30. The van der Waals surface area contributed by atoms with Gasteiger partial charge in [0.2, 0.25) is 0 Å². The second-order valence-electron chi connectivity index (χ2n) is 4.36. The molecule has 108 valence electrons. The molecule has 1 aromatic carbocycles. The zero-order valence-corrected chi connectivity index (χ0v) is 13.1. The first-order valence-electron chi connectivity index (χ1n) is 6.50. The van der Waals surface area contributed by atoms with Gasteiger partial charge in [-0.25, -0.2) is 0 Å². The number of hydrogen-bond acceptors (Lipinski definition) is 5. The molecule has 0 aliphatic carbocycles. The lowest BCUT2D eigenvalue weighted by molar-refractivity contribution is 0.0979. The number of thiophene rings is 1. The Labute approximate surface area is 131 Å². The number of carbonyl (C=O) groups is 1. The average Bonchev–Trinajstić information content (AvgIpc) is 3.17. The first kappa shape index (κ1) is 14.2. The van der Waals surface area contributed by atoms with Gasteiger partial charge in [-0.3, -0.25) is 9.79 Å². The van der Waals surface area contributed by atoms with Gasteiger partial charge in [-0.2, -0.15) is 0 Å². The van der Waals surface area contributed by atoms with Crippen LogP contribution in [-0.2, 0) is 0 Å². The highest BCUT2D eigenvalue weighted by Gasteiger charge is 2.20. The number of ether oxygens (including phenoxy) is 1. The van der Waals surface area contributed by atoms with Gasteiger partial charge in [-0.1, -0.05) is 42.1 Å². The van der Waals surface area contributed by atoms with Gasteiger partial charge in [-0.15, -0.1) is 11.3 Å². The number of hydrogen-bond donors (Lipinski definition) is 1. The molecule has 3 rings (SSSR count). The Morgan fingerprint density at radius 2 is 2.14 bits per heavy atom. The summed E-state index contributed by atoms with van der Waals surface area (Å²) in [7, 11) is 1.58. The molecule has 0 saturated heterocycles. The number of nitrogens with one attached hydrogen (secondary N) is 1. The second kappa shape index (κ2) is 6.32. The molecule has 0 atom stereocenters. The second-order valence-corrected chi connectivity index (χ2v) is 6.50. The lowest BCUT2D eigenvalue weighted by Gasteiger charge is -2.03. The van der Waals surface area contributed by atoms with E-state index < -0.39 is 0 Å². The molecule has 1 aliphatic rings. The maximum atomic E-state index is 12.4. The molecular weight excluding hydrogens is 304 g/mol. The van der Waals surface area contributed by atoms with Crippen molar-refractivity contribution in [2.75, 3.05) is 19.4 Å². The average molecular weight is 318 g/mol. The van der Waals surface area contributed by atoms with Crippen molar-refractivity contribution in [1.29, 1.82) is 0 Å². The largest absolute Gasteiger partial charge is 0.495 e. The Morgan fingerprint density at radius 1 is 1.33 bits per heavy atom. The summed E-state index contributed by atoms with van der Waals surface area (Å²) in [6.45, 7) is 0.761. The van der Waals surface area contributed by atoms with Crippen molar-refractivity contribution in [2.24, 2.45) is 4.99 Å². The van der Waals surface area contributed by atoms with Crippen LogP contribution in [0, 0.1) is 0 Å². The van der Waals surface area contributed by atoms with Gasteiger partial charge >= 0.3 is 0 Å². The summed E-state index contributed by atoms with van der Waals surface area (Å²) in [5.74, 6) is 1.36. The number of thioether (sulfide) groups is 1. The van der Waals surface area contributed by atoms with E-state index >= 15 is 0 Å². The molecule has 0 bridgehead atoms. The van der Waals surface area contributed by atoms with Gasteiger partial charge in [0, 0.05) is 10.6 Å². The molecule has 4 nitrogen and oxygen atoms in total. The van der Waals surface area contributed by atoms with Crippen molar-refractivity contribution >= 4 is 34.2 Å². The normalized spacial score (nSPS) is 13.9. The number of amidine groups is 1. The molecule has 2 heterocycles. The van der Waals surface area contributed by atoms with Gasteiger partial charge in [-0.05, 0) is 11.6 Å². The van der Waals surface area contributed by atoms with E-state index in [9.17, 15) is 4.79 Å². The third-order valence-corrected chi connectivity index (χ3v) is 5.04. The van der Waals surface area contributed by atoms with Gasteiger partial charge in [0.05, 0.1) is 13.7 Å². The predicted molar refractivity (Wildman–Crippen MR) is 88.5 cm³/mol. The maximum Gasteiger partial charge on any atom is 0.271 e. The minimum absolute atomic E-state index is 0.160. The van der Waals surface area contributed by atoms with Gasteiger partial charge in [0.15, 0.2) is 5.17 Å². The number of aliphatic imine (C=N–C) groups is 1. The lowest BCUT2D eigenvalue weighted by Crippen LogP contribution is -2.26. The molecule has 0 spiro atoms. The molecule has 1 amide bonds. The van der Waals surface area contributed by atoms with Gasteiger partial charge in [0.25, 0.3) is 5.91 Å². The van der Waals surface area contributed by atoms with Crippen LogP contribution in [0.15, 0.2) is 41.4 Å². The molecule has 1 aliphatic heterocycles. The van der Waals surface area contributed by atoms with Crippen molar-refractivity contribution in [1.82, 2.24) is 5.32 Å². The van der Waals surface area contributed by atoms with Crippen molar-refractivity contribution in [3.8, 4) is 16.2 Å². The fraction of sp³-hybridized carbons (Fsp3) is 0.200. The summed E-state index contributed by atoms with van der Waals surface area (Å²) in [6.07, 6.45) is 0. The summed E-state index contributed by atoms with van der Waals surface area (Å²) in [5, 5.41) is 3.53. The quantitative estimate of drug-likeness (QED) is 0.945. The Kier molecular flexibility index (Phi) is 4.26. The molecule has 0 fully saturated rings. The number of methoxy groups -OCH3 is 1. The number of amides is 1. The Morgan fingerprint density at radius 3 is 2.81 bits per heavy atom. The van der Waals surface area contributed by atoms with E-state index in [1.165, 1.54) is 11.3 Å². The first-order chi connectivity index (χ1) is 10.3. The minimum atomic E-state index is -0.160. The maximum absolute atomic E-state index is 12.4. The SMILES string of the molecule is COc1cc(-c2ccccc2)sc1C(=O)NC1=NCCS1. The standard InChI is InChI=1S/C15H14N2O2S2/c1-19-11-9-12(10-5-3-2-4-6-10)21-13(11)14(18)17-15-16-7-8-20-15/h2-6,9H,7-8H2,1H3,(H,16,17,18). The van der Waals surface area contributed by atoms with E-state index in [0.29, 0.717) is 15.8 Å². The van der Waals surface area contributed by atoms with E-state index in [0.717, 1.165) is 22.7 Å². The van der Waals surface area contributed by atoms with Crippen LogP contribution < -0.4 is 10.1 Å². The van der Waals surface area contributed by atoms with Crippen LogP contribution in [-0.4, -0.2) is 30.5 Å². The molecule has 1 N–H and O–H groups in total. The summed E-state index contributed by atoms with van der Waals surface area (Å²) in [6, 6.07) is 11.9. The van der Waals surface area contributed by atoms with Crippen LogP contribution in [0.2, 0.25) is 0 Å². The Hall–Kier alpha value is -1.79. The minimum Gasteiger partial charge on any atom is -0.495 e. The van der Waals surface area contributed by atoms with Gasteiger partial charge in [0.1, 0.15) is 10.6 Å². The molecule has 0 radical (unpaired) electrons. The zero-order chi connectivity index (χ0) is 14.7. The van der Waals surface area contributed by atoms with E-state index in [4.69, 9.17) is 4.74 Å². The predicted octanol–water partition coefficient (Wildman–Crippen LogP) is 3.26. The van der Waals surface area contributed by atoms with Crippen LogP contribution in [0.25, 0.3) is 10.4 Å². The number of nitrogens with zero attached hydrogens (tertiary/aromatic N) is 1. The van der Waals surface area contributed by atoms with E-state index in [-0.39, 0.29) is 5.91 Å². The van der Waals surface area contributed by atoms with E-state index in [2.05, 4.69) is 10.3 Å². The summed E-state index contributed by atoms with van der Waals surface area (Å²) in [5.41, 5.74) is 1.08. The van der Waals surface area contributed by atoms with E-state index in [1.807, 2.05) is 36.4 Å². The monoisotopic (exact) mass is 318 g/mol. The summed E-state index contributed by atoms with van der Waals surface area (Å²) >= 11 is 2.99. The van der Waals surface area contributed by atoms with Crippen LogP contribution >= 0.6 is 23.1 Å². The zero-order valence-electron chi connectivity index (χ0n) is 11.5. The molecule has 0 saturated carbocycles. The molecule has 1 aromatic heterocycles. The van der Waals surface area contributed by atoms with Crippen LogP contribution in [0.4, 0.5) is 0 Å². The molecule has 21 heavy (non-hydrogen) atoms. The van der Waals surface area contributed by atoms with E-state index in [1.54, 1.807) is 18.9 Å². The number of benzene rings is 1. The third-order valence-electron chi connectivity index (χ3n) is 2.99. The fourth-order valence-electron chi connectivity index (χ4n) is 1.99. The highest BCUT2D eigenvalue weighted by molar-refractivity contribution is 8.14. The van der Waals surface area contributed by atoms with Crippen LogP contribution in [0.3, 0.4) is 0 Å². The Balaban J connectivity index is 1.87. The fourth-order valence-corrected chi connectivity index (χ4v) is 3.74. The summed E-state index contributed by atoms with van der Waals surface area (Å²) < 4.78 is 5.34. The number of carbonyl (C=O) groups excluding carboxylic acids is 1. The topological polar surface area (TPSA) is 50.7 Å². The summed E-state index contributed by atoms with van der Waals surface area (Å²) in [4.78, 5) is 18.2. The molecule has 6 heteroatoms. The number of rotatable bonds is 3. The van der Waals surface area contributed by atoms with Gasteiger partial charge < -0.3 is 10.1 Å². The van der Waals surface area contributed by atoms with Crippen molar-refractivity contribution in [3.63, 3.8) is 0 Å². The molecule has 2 aromatic rings. The lowest BCUT2D eigenvalue weighted by atomic mass is 10.2. The molecule has 0 unspecified atom stereocenters. The third kappa shape index (κ3) is 3.11. The smallest absolute Gasteiger partial charge is 0.271 e. The van der Waals surface area contributed by atoms with Crippen LogP contribution in [0.1, 0.15) is 9.67 Å². The highest BCUT2D eigenvalue weighted by atomic mass is 32.2.